The zero-order chi connectivity index (χ0) is 22.8. The van der Waals surface area contributed by atoms with Crippen LogP contribution in [0.1, 0.15) is 44.9 Å². The molecule has 0 aromatic heterocycles. The molecule has 2 aliphatic heterocycles. The number of rotatable bonds is 6. The molecule has 1 fully saturated rings. The molecule has 1 aliphatic carbocycles. The molecule has 0 spiro atoms. The van der Waals surface area contributed by atoms with Gasteiger partial charge in [-0.25, -0.2) is 4.79 Å². The molecule has 0 bridgehead atoms. The van der Waals surface area contributed by atoms with Crippen LogP contribution in [0.3, 0.4) is 0 Å². The summed E-state index contributed by atoms with van der Waals surface area (Å²) in [7, 11) is 5.14. The monoisotopic (exact) mass is 435 g/mol. The lowest BCUT2D eigenvalue weighted by atomic mass is 9.69. The molecule has 3 rings (SSSR count). The van der Waals surface area contributed by atoms with E-state index >= 15 is 0 Å². The largest absolute Gasteiger partial charge is 0.469 e. The summed E-state index contributed by atoms with van der Waals surface area (Å²) in [6, 6.07) is -0.269. The molecule has 170 valence electrons. The first-order valence-corrected chi connectivity index (χ1v) is 10.4. The highest BCUT2D eigenvalue weighted by Gasteiger charge is 2.61. The van der Waals surface area contributed by atoms with Gasteiger partial charge in [0.25, 0.3) is 0 Å². The van der Waals surface area contributed by atoms with E-state index in [-0.39, 0.29) is 24.5 Å². The average molecular weight is 435 g/mol. The van der Waals surface area contributed by atoms with Crippen LogP contribution < -0.4 is 0 Å². The average Bonchev–Trinajstić information content (AvgIpc) is 3.37. The van der Waals surface area contributed by atoms with Crippen LogP contribution in [0, 0.1) is 5.41 Å². The molecule has 0 saturated carbocycles. The molecule has 0 aromatic carbocycles. The topological polar surface area (TPSA) is 108 Å². The van der Waals surface area contributed by atoms with Gasteiger partial charge >= 0.3 is 23.9 Å². The zero-order valence-corrected chi connectivity index (χ0v) is 18.4. The SMILES string of the molecule is COC(=O)CC(C(=O)OC)=C1CCCC2=C1N1CCCC1C2(CC(=O)OC)C(=O)OC. The minimum absolute atomic E-state index is 0.131. The highest BCUT2D eigenvalue weighted by atomic mass is 16.5. The van der Waals surface area contributed by atoms with Crippen LogP contribution in [-0.2, 0) is 38.1 Å². The van der Waals surface area contributed by atoms with E-state index in [0.29, 0.717) is 37.8 Å². The molecule has 0 radical (unpaired) electrons. The van der Waals surface area contributed by atoms with E-state index in [0.717, 1.165) is 17.7 Å². The number of hydrogen-bond acceptors (Lipinski definition) is 9. The van der Waals surface area contributed by atoms with Gasteiger partial charge in [0, 0.05) is 18.3 Å². The molecule has 9 nitrogen and oxygen atoms in total. The van der Waals surface area contributed by atoms with E-state index in [2.05, 4.69) is 4.90 Å². The summed E-state index contributed by atoms with van der Waals surface area (Å²) in [6.45, 7) is 0.680. The second-order valence-electron chi connectivity index (χ2n) is 7.95. The molecule has 0 N–H and O–H groups in total. The Kier molecular flexibility index (Phi) is 6.71. The minimum Gasteiger partial charge on any atom is -0.469 e. The van der Waals surface area contributed by atoms with Crippen molar-refractivity contribution < 1.29 is 38.1 Å². The van der Waals surface area contributed by atoms with Gasteiger partial charge in [-0.2, -0.15) is 0 Å². The Morgan fingerprint density at radius 3 is 2.26 bits per heavy atom. The maximum absolute atomic E-state index is 13.2. The van der Waals surface area contributed by atoms with Gasteiger partial charge in [0.15, 0.2) is 0 Å². The Bertz CT molecular complexity index is 858. The summed E-state index contributed by atoms with van der Waals surface area (Å²) >= 11 is 0. The second kappa shape index (κ2) is 9.11. The fourth-order valence-corrected chi connectivity index (χ4v) is 5.36. The summed E-state index contributed by atoms with van der Waals surface area (Å²) in [5, 5.41) is 0. The van der Waals surface area contributed by atoms with E-state index in [4.69, 9.17) is 18.9 Å². The summed E-state index contributed by atoms with van der Waals surface area (Å²) < 4.78 is 19.9. The van der Waals surface area contributed by atoms with Gasteiger partial charge in [-0.1, -0.05) is 0 Å². The Morgan fingerprint density at radius 1 is 0.935 bits per heavy atom. The van der Waals surface area contributed by atoms with Crippen molar-refractivity contribution >= 4 is 23.9 Å². The van der Waals surface area contributed by atoms with Gasteiger partial charge in [-0.3, -0.25) is 14.4 Å². The number of carbonyl (C=O) groups excluding carboxylic acids is 4. The van der Waals surface area contributed by atoms with Crippen molar-refractivity contribution in [2.45, 2.75) is 51.0 Å². The van der Waals surface area contributed by atoms with Crippen molar-refractivity contribution in [3.05, 3.63) is 22.4 Å². The quantitative estimate of drug-likeness (QED) is 0.349. The van der Waals surface area contributed by atoms with Crippen LogP contribution in [0.15, 0.2) is 22.4 Å². The summed E-state index contributed by atoms with van der Waals surface area (Å²) in [5.74, 6) is -2.13. The maximum atomic E-state index is 13.2. The third-order valence-corrected chi connectivity index (χ3v) is 6.62. The van der Waals surface area contributed by atoms with E-state index in [1.807, 2.05) is 0 Å². The molecule has 2 heterocycles. The minimum atomic E-state index is -1.17. The predicted octanol–water partition coefficient (Wildman–Crippen LogP) is 1.66. The molecule has 3 aliphatic rings. The Morgan fingerprint density at radius 2 is 1.65 bits per heavy atom. The zero-order valence-electron chi connectivity index (χ0n) is 18.4. The van der Waals surface area contributed by atoms with E-state index < -0.39 is 29.3 Å². The Balaban J connectivity index is 2.25. The molecule has 2 atom stereocenters. The molecule has 2 unspecified atom stereocenters. The summed E-state index contributed by atoms with van der Waals surface area (Å²) in [5.41, 5.74) is 1.28. The first kappa shape index (κ1) is 22.8. The van der Waals surface area contributed by atoms with E-state index in [1.54, 1.807) is 0 Å². The van der Waals surface area contributed by atoms with Crippen molar-refractivity contribution in [3.63, 3.8) is 0 Å². The van der Waals surface area contributed by atoms with Gasteiger partial charge in [0.1, 0.15) is 5.41 Å². The lowest BCUT2D eigenvalue weighted by molar-refractivity contribution is -0.159. The molecule has 31 heavy (non-hydrogen) atoms. The van der Waals surface area contributed by atoms with Gasteiger partial charge in [0.05, 0.1) is 46.9 Å². The summed E-state index contributed by atoms with van der Waals surface area (Å²) in [6.07, 6.45) is 2.99. The van der Waals surface area contributed by atoms with Crippen molar-refractivity contribution in [2.24, 2.45) is 5.41 Å². The van der Waals surface area contributed by atoms with Crippen molar-refractivity contribution in [1.29, 1.82) is 0 Å². The van der Waals surface area contributed by atoms with Crippen LogP contribution in [0.4, 0.5) is 0 Å². The first-order chi connectivity index (χ1) is 14.8. The van der Waals surface area contributed by atoms with Gasteiger partial charge < -0.3 is 23.8 Å². The van der Waals surface area contributed by atoms with Crippen molar-refractivity contribution in [3.8, 4) is 0 Å². The van der Waals surface area contributed by atoms with Crippen LogP contribution in [0.25, 0.3) is 0 Å². The van der Waals surface area contributed by atoms with Crippen molar-refractivity contribution in [1.82, 2.24) is 4.90 Å². The summed E-state index contributed by atoms with van der Waals surface area (Å²) in [4.78, 5) is 52.4. The fraction of sp³-hybridized carbons (Fsp3) is 0.636. The van der Waals surface area contributed by atoms with Crippen molar-refractivity contribution in [2.75, 3.05) is 35.0 Å². The number of nitrogens with zero attached hydrogens (tertiary/aromatic N) is 1. The van der Waals surface area contributed by atoms with Crippen LogP contribution >= 0.6 is 0 Å². The fourth-order valence-electron chi connectivity index (χ4n) is 5.36. The highest BCUT2D eigenvalue weighted by molar-refractivity contribution is 5.96. The smallest absolute Gasteiger partial charge is 0.334 e. The third-order valence-electron chi connectivity index (χ3n) is 6.62. The van der Waals surface area contributed by atoms with E-state index in [9.17, 15) is 19.2 Å². The number of fused-ring (bicyclic) bond motifs is 2. The Hall–Kier alpha value is -2.84. The third kappa shape index (κ3) is 3.70. The molecule has 0 amide bonds. The van der Waals surface area contributed by atoms with Gasteiger partial charge in [-0.15, -0.1) is 0 Å². The molecule has 1 saturated heterocycles. The lowest BCUT2D eigenvalue weighted by Crippen LogP contribution is -2.46. The van der Waals surface area contributed by atoms with Crippen LogP contribution in [0.5, 0.6) is 0 Å². The normalized spacial score (nSPS) is 26.1. The predicted molar refractivity (Wildman–Crippen MR) is 107 cm³/mol. The number of esters is 4. The van der Waals surface area contributed by atoms with Gasteiger partial charge in [0.2, 0.25) is 0 Å². The van der Waals surface area contributed by atoms with Gasteiger partial charge in [-0.05, 0) is 43.3 Å². The number of methoxy groups -OCH3 is 4. The standard InChI is InChI=1S/C22H29NO8/c1-28-17(24)11-14(20(26)30-3)13-7-5-8-15-19(13)23-10-6-9-16(23)22(15,21(27)31-4)12-18(25)29-2/h16H,5-12H2,1-4H3. The lowest BCUT2D eigenvalue weighted by Gasteiger charge is -2.34. The number of ether oxygens (including phenoxy) is 4. The molecule has 9 heteroatoms. The Labute approximate surface area is 181 Å². The molecule has 0 aromatic rings. The number of allylic oxidation sites excluding steroid dienone is 1. The highest BCUT2D eigenvalue weighted by Crippen LogP contribution is 2.57. The number of hydrogen-bond donors (Lipinski definition) is 0. The van der Waals surface area contributed by atoms with Crippen LogP contribution in [0.2, 0.25) is 0 Å². The van der Waals surface area contributed by atoms with Crippen LogP contribution in [-0.4, -0.2) is 69.8 Å². The molecular formula is C22H29NO8. The molecular weight excluding hydrogens is 406 g/mol. The number of carbonyl (C=O) groups is 4. The second-order valence-corrected chi connectivity index (χ2v) is 7.95. The van der Waals surface area contributed by atoms with E-state index in [1.165, 1.54) is 28.4 Å². The first-order valence-electron chi connectivity index (χ1n) is 10.4. The maximum Gasteiger partial charge on any atom is 0.334 e.